The summed E-state index contributed by atoms with van der Waals surface area (Å²) < 4.78 is 12.4. The number of benzene rings is 4. The lowest BCUT2D eigenvalue weighted by molar-refractivity contribution is -0.130. The molecule has 4 aromatic rings. The minimum atomic E-state index is -1.28. The van der Waals surface area contributed by atoms with Crippen LogP contribution in [0.5, 0.6) is 5.75 Å². The molecule has 0 aliphatic carbocycles. The van der Waals surface area contributed by atoms with Gasteiger partial charge in [0.2, 0.25) is 5.90 Å². The molecular weight excluding hydrogens is 564 g/mol. The van der Waals surface area contributed by atoms with Crippen LogP contribution < -0.4 is 15.6 Å². The molecule has 5 rings (SSSR count). The first-order valence-electron chi connectivity index (χ1n) is 15.5. The van der Waals surface area contributed by atoms with Gasteiger partial charge in [-0.05, 0) is 73.6 Å². The van der Waals surface area contributed by atoms with E-state index in [2.05, 4.69) is 40.0 Å². The van der Waals surface area contributed by atoms with Gasteiger partial charge in [-0.15, -0.1) is 0 Å². The summed E-state index contributed by atoms with van der Waals surface area (Å²) in [5.74, 6) is 0.828. The summed E-state index contributed by atoms with van der Waals surface area (Å²) in [5.41, 5.74) is 9.60. The Hall–Kier alpha value is -4.50. The Kier molecular flexibility index (Phi) is 11.0. The number of aliphatic imine (C=N–C) groups is 1. The van der Waals surface area contributed by atoms with Crippen molar-refractivity contribution in [3.05, 3.63) is 126 Å². The molecule has 0 unspecified atom stereocenters. The zero-order chi connectivity index (χ0) is 31.5. The van der Waals surface area contributed by atoms with Gasteiger partial charge in [-0.3, -0.25) is 10.2 Å². The highest BCUT2D eigenvalue weighted by Gasteiger charge is 2.53. The number of hydrogen-bond acceptors (Lipinski definition) is 7. The van der Waals surface area contributed by atoms with E-state index in [-0.39, 0.29) is 12.5 Å². The van der Waals surface area contributed by atoms with Crippen LogP contribution in [0.15, 0.2) is 114 Å². The van der Waals surface area contributed by atoms with Gasteiger partial charge in [0, 0.05) is 31.6 Å². The highest BCUT2D eigenvalue weighted by atomic mass is 16.5. The molecule has 0 bridgehead atoms. The molecule has 0 radical (unpaired) electrons. The van der Waals surface area contributed by atoms with Gasteiger partial charge >= 0.3 is 0 Å². The van der Waals surface area contributed by atoms with E-state index in [1.54, 1.807) is 0 Å². The smallest absolute Gasteiger partial charge is 0.266 e. The summed E-state index contributed by atoms with van der Waals surface area (Å²) in [4.78, 5) is 21.5. The van der Waals surface area contributed by atoms with Crippen LogP contribution in [0.2, 0.25) is 0 Å². The Bertz CT molecular complexity index is 1530. The van der Waals surface area contributed by atoms with Crippen molar-refractivity contribution < 1.29 is 19.4 Å². The van der Waals surface area contributed by atoms with Crippen molar-refractivity contribution in [3.8, 4) is 16.9 Å². The normalized spacial score (nSPS) is 17.5. The van der Waals surface area contributed by atoms with Crippen molar-refractivity contribution in [2.24, 2.45) is 4.99 Å². The molecule has 234 valence electrons. The van der Waals surface area contributed by atoms with Gasteiger partial charge in [0.05, 0.1) is 6.61 Å². The van der Waals surface area contributed by atoms with Crippen LogP contribution in [0.4, 0.5) is 0 Å². The van der Waals surface area contributed by atoms with Crippen LogP contribution in [0.1, 0.15) is 35.6 Å². The molecule has 0 aromatic heterocycles. The van der Waals surface area contributed by atoms with Crippen LogP contribution in [-0.4, -0.2) is 67.7 Å². The molecule has 8 heteroatoms. The Morgan fingerprint density at radius 2 is 1.51 bits per heavy atom. The maximum absolute atomic E-state index is 14.3. The standard InChI is InChI=1S/C37H42N4O4/c1-41(2)24-9-23-38-40-36(43)37(27-28-11-5-3-6-12-28)34(31-17-15-30(16-18-31)29-13-7-4-8-14-29)45-35(39-37)32-19-21-33(22-20-32)44-26-10-25-42/h3-8,11-22,34,38,42H,9-10,23-27H2,1-2H3,(H,40,43)/t34-,37-/m0/s1. The third kappa shape index (κ3) is 8.16. The second-order valence-corrected chi connectivity index (χ2v) is 11.5. The Morgan fingerprint density at radius 1 is 0.867 bits per heavy atom. The van der Waals surface area contributed by atoms with Gasteiger partial charge in [-0.1, -0.05) is 84.9 Å². The lowest BCUT2D eigenvalue weighted by Crippen LogP contribution is -2.54. The van der Waals surface area contributed by atoms with Crippen LogP contribution in [0.3, 0.4) is 0 Å². The molecule has 8 nitrogen and oxygen atoms in total. The van der Waals surface area contributed by atoms with Crippen molar-refractivity contribution in [1.29, 1.82) is 0 Å². The van der Waals surface area contributed by atoms with Gasteiger partial charge in [0.25, 0.3) is 5.91 Å². The number of hydrazine groups is 1. The van der Waals surface area contributed by atoms with Crippen molar-refractivity contribution in [2.75, 3.05) is 40.4 Å². The van der Waals surface area contributed by atoms with E-state index in [9.17, 15) is 4.79 Å². The van der Waals surface area contributed by atoms with E-state index < -0.39 is 11.6 Å². The number of carbonyl (C=O) groups excluding carboxylic acids is 1. The summed E-state index contributed by atoms with van der Waals surface area (Å²) in [6, 6.07) is 35.8. The Morgan fingerprint density at radius 3 is 2.18 bits per heavy atom. The average molecular weight is 607 g/mol. The predicted molar refractivity (Wildman–Crippen MR) is 178 cm³/mol. The first kappa shape index (κ1) is 31.9. The number of carbonyl (C=O) groups is 1. The Labute approximate surface area is 265 Å². The number of ether oxygens (including phenoxy) is 2. The molecule has 3 N–H and O–H groups in total. The van der Waals surface area contributed by atoms with Gasteiger partial charge in [0.1, 0.15) is 5.75 Å². The molecule has 0 saturated heterocycles. The van der Waals surface area contributed by atoms with Gasteiger partial charge in [-0.25, -0.2) is 10.4 Å². The average Bonchev–Trinajstić information content (AvgIpc) is 3.46. The van der Waals surface area contributed by atoms with Gasteiger partial charge in [-0.2, -0.15) is 0 Å². The fraction of sp³-hybridized carbons (Fsp3) is 0.297. The van der Waals surface area contributed by atoms with Gasteiger partial charge < -0.3 is 19.5 Å². The highest BCUT2D eigenvalue weighted by Crippen LogP contribution is 2.43. The first-order chi connectivity index (χ1) is 22.0. The van der Waals surface area contributed by atoms with E-state index in [1.165, 1.54) is 0 Å². The molecule has 2 atom stereocenters. The zero-order valence-corrected chi connectivity index (χ0v) is 26.0. The first-order valence-corrected chi connectivity index (χ1v) is 15.5. The number of aliphatic hydroxyl groups is 1. The molecule has 45 heavy (non-hydrogen) atoms. The zero-order valence-electron chi connectivity index (χ0n) is 26.0. The SMILES string of the molecule is CN(C)CCCNNC(=O)[C@@]1(Cc2ccccc2)N=C(c2ccc(OCCCO)cc2)O[C@H]1c1ccc(-c2ccccc2)cc1. The minimum Gasteiger partial charge on any atom is -0.494 e. The topological polar surface area (TPSA) is 95.4 Å². The molecular formula is C37H42N4O4. The predicted octanol–water partition coefficient (Wildman–Crippen LogP) is 5.19. The maximum atomic E-state index is 14.3. The summed E-state index contributed by atoms with van der Waals surface area (Å²) in [7, 11) is 4.06. The molecule has 4 aromatic carbocycles. The number of nitrogens with one attached hydrogen (secondary N) is 2. The molecule has 1 aliphatic rings. The van der Waals surface area contributed by atoms with E-state index in [1.807, 2.05) is 99.0 Å². The number of hydrogen-bond donors (Lipinski definition) is 3. The van der Waals surface area contributed by atoms with E-state index in [0.717, 1.165) is 40.8 Å². The maximum Gasteiger partial charge on any atom is 0.266 e. The molecule has 0 saturated carbocycles. The van der Waals surface area contributed by atoms with Crippen molar-refractivity contribution >= 4 is 11.8 Å². The second kappa shape index (κ2) is 15.5. The third-order valence-electron chi connectivity index (χ3n) is 7.78. The second-order valence-electron chi connectivity index (χ2n) is 11.5. The minimum absolute atomic E-state index is 0.0759. The van der Waals surface area contributed by atoms with Crippen molar-refractivity contribution in [3.63, 3.8) is 0 Å². The number of aliphatic hydroxyl groups excluding tert-OH is 1. The van der Waals surface area contributed by atoms with E-state index in [4.69, 9.17) is 19.6 Å². The fourth-order valence-corrected chi connectivity index (χ4v) is 5.41. The van der Waals surface area contributed by atoms with Crippen LogP contribution >= 0.6 is 0 Å². The number of rotatable bonds is 15. The van der Waals surface area contributed by atoms with Crippen molar-refractivity contribution in [1.82, 2.24) is 15.8 Å². The summed E-state index contributed by atoms with van der Waals surface area (Å²) in [6.07, 6.45) is 1.10. The fourth-order valence-electron chi connectivity index (χ4n) is 5.41. The molecule has 1 amide bonds. The third-order valence-corrected chi connectivity index (χ3v) is 7.78. The lowest BCUT2D eigenvalue weighted by atomic mass is 9.82. The molecule has 0 spiro atoms. The lowest BCUT2D eigenvalue weighted by Gasteiger charge is -2.31. The summed E-state index contributed by atoms with van der Waals surface area (Å²) >= 11 is 0. The highest BCUT2D eigenvalue weighted by molar-refractivity contribution is 6.01. The Balaban J connectivity index is 1.50. The quantitative estimate of drug-likeness (QED) is 0.127. The van der Waals surface area contributed by atoms with Crippen LogP contribution in [-0.2, 0) is 16.0 Å². The van der Waals surface area contributed by atoms with Crippen LogP contribution in [0, 0.1) is 0 Å². The molecule has 1 aliphatic heterocycles. The molecule has 0 fully saturated rings. The summed E-state index contributed by atoms with van der Waals surface area (Å²) in [5, 5.41) is 9.07. The largest absolute Gasteiger partial charge is 0.494 e. The number of nitrogens with zero attached hydrogens (tertiary/aromatic N) is 2. The van der Waals surface area contributed by atoms with Crippen molar-refractivity contribution in [2.45, 2.75) is 30.9 Å². The van der Waals surface area contributed by atoms with Gasteiger partial charge in [0.15, 0.2) is 11.6 Å². The summed E-state index contributed by atoms with van der Waals surface area (Å²) in [6.45, 7) is 2.03. The monoisotopic (exact) mass is 606 g/mol. The van der Waals surface area contributed by atoms with E-state index in [0.29, 0.717) is 37.6 Å². The number of amides is 1. The van der Waals surface area contributed by atoms with E-state index >= 15 is 0 Å². The molecule has 1 heterocycles. The van der Waals surface area contributed by atoms with Crippen LogP contribution in [0.25, 0.3) is 11.1 Å².